The summed E-state index contributed by atoms with van der Waals surface area (Å²) in [7, 11) is 3.11. The van der Waals surface area contributed by atoms with Crippen LogP contribution in [0.2, 0.25) is 0 Å². The van der Waals surface area contributed by atoms with Gasteiger partial charge < -0.3 is 9.64 Å². The van der Waals surface area contributed by atoms with Gasteiger partial charge >= 0.3 is 0 Å². The van der Waals surface area contributed by atoms with Crippen molar-refractivity contribution >= 4 is 5.91 Å². The van der Waals surface area contributed by atoms with E-state index < -0.39 is 0 Å². The second kappa shape index (κ2) is 7.86. The lowest BCUT2D eigenvalue weighted by Gasteiger charge is -2.18. The van der Waals surface area contributed by atoms with Gasteiger partial charge in [-0.15, -0.1) is 0 Å². The molecule has 1 aromatic heterocycles. The molecule has 27 heavy (non-hydrogen) atoms. The van der Waals surface area contributed by atoms with Crippen molar-refractivity contribution < 1.29 is 9.53 Å². The van der Waals surface area contributed by atoms with Crippen LogP contribution in [0, 0.1) is 6.92 Å². The molecule has 0 atom stereocenters. The molecular formula is C21H21N3O3. The maximum Gasteiger partial charge on any atom is 0.278 e. The third-order valence-electron chi connectivity index (χ3n) is 4.21. The molecule has 0 fully saturated rings. The molecule has 0 N–H and O–H groups in total. The van der Waals surface area contributed by atoms with E-state index in [0.29, 0.717) is 12.2 Å². The average molecular weight is 363 g/mol. The van der Waals surface area contributed by atoms with Gasteiger partial charge in [0.2, 0.25) is 0 Å². The summed E-state index contributed by atoms with van der Waals surface area (Å²) < 4.78 is 6.45. The first-order valence-corrected chi connectivity index (χ1v) is 8.54. The van der Waals surface area contributed by atoms with Gasteiger partial charge in [0.1, 0.15) is 0 Å². The summed E-state index contributed by atoms with van der Waals surface area (Å²) in [6, 6.07) is 18.3. The summed E-state index contributed by atoms with van der Waals surface area (Å²) in [5.41, 5.74) is 2.39. The van der Waals surface area contributed by atoms with Crippen molar-refractivity contribution in [2.75, 3.05) is 14.2 Å². The van der Waals surface area contributed by atoms with Crippen LogP contribution in [-0.2, 0) is 6.54 Å². The van der Waals surface area contributed by atoms with Crippen molar-refractivity contribution in [3.8, 4) is 11.4 Å². The molecule has 3 rings (SSSR count). The second-order valence-electron chi connectivity index (χ2n) is 6.29. The predicted molar refractivity (Wildman–Crippen MR) is 103 cm³/mol. The lowest BCUT2D eigenvalue weighted by atomic mass is 10.2. The van der Waals surface area contributed by atoms with Gasteiger partial charge in [-0.2, -0.15) is 9.78 Å². The van der Waals surface area contributed by atoms with E-state index in [2.05, 4.69) is 5.10 Å². The summed E-state index contributed by atoms with van der Waals surface area (Å²) >= 11 is 0. The molecule has 0 aliphatic carbocycles. The zero-order valence-corrected chi connectivity index (χ0v) is 15.5. The van der Waals surface area contributed by atoms with Crippen molar-refractivity contribution in [3.63, 3.8) is 0 Å². The average Bonchev–Trinajstić information content (AvgIpc) is 2.68. The van der Waals surface area contributed by atoms with Gasteiger partial charge in [-0.05, 0) is 24.6 Å². The molecule has 0 radical (unpaired) electrons. The number of aromatic nitrogens is 2. The Labute approximate surface area is 157 Å². The molecule has 0 saturated heterocycles. The minimum Gasteiger partial charge on any atom is -0.494 e. The van der Waals surface area contributed by atoms with Crippen LogP contribution < -0.4 is 10.3 Å². The van der Waals surface area contributed by atoms with Crippen molar-refractivity contribution in [3.05, 3.63) is 87.8 Å². The van der Waals surface area contributed by atoms with E-state index in [1.807, 2.05) is 49.4 Å². The topological polar surface area (TPSA) is 64.4 Å². The Morgan fingerprint density at radius 1 is 1.11 bits per heavy atom. The molecule has 0 spiro atoms. The highest BCUT2D eigenvalue weighted by molar-refractivity contribution is 5.94. The molecule has 0 saturated carbocycles. The monoisotopic (exact) mass is 363 g/mol. The van der Waals surface area contributed by atoms with Gasteiger partial charge in [-0.1, -0.05) is 48.0 Å². The van der Waals surface area contributed by atoms with E-state index in [9.17, 15) is 9.59 Å². The Kier molecular flexibility index (Phi) is 5.35. The first-order valence-electron chi connectivity index (χ1n) is 8.54. The zero-order chi connectivity index (χ0) is 19.4. The van der Waals surface area contributed by atoms with E-state index in [1.165, 1.54) is 17.9 Å². The normalized spacial score (nSPS) is 10.5. The summed E-state index contributed by atoms with van der Waals surface area (Å²) in [6.07, 6.45) is 0. The molecule has 1 heterocycles. The molecule has 0 unspecified atom stereocenters. The van der Waals surface area contributed by atoms with E-state index in [4.69, 9.17) is 4.74 Å². The number of methoxy groups -OCH3 is 1. The van der Waals surface area contributed by atoms with Crippen molar-refractivity contribution in [2.24, 2.45) is 0 Å². The minimum atomic E-state index is -0.363. The number of hydrogen-bond donors (Lipinski definition) is 0. The Morgan fingerprint density at radius 2 is 1.78 bits per heavy atom. The first kappa shape index (κ1) is 18.4. The standard InChI is InChI=1S/C21H21N3O3/c1-15-9-11-17(12-10-15)24-19(25)13-18(27-3)20(22-24)21(26)23(2)14-16-7-5-4-6-8-16/h4-13H,14H2,1-3H3. The molecule has 138 valence electrons. The van der Waals surface area contributed by atoms with Crippen molar-refractivity contribution in [1.29, 1.82) is 0 Å². The summed E-state index contributed by atoms with van der Waals surface area (Å²) in [5.74, 6) is -0.162. The van der Waals surface area contributed by atoms with Gasteiger partial charge in [0, 0.05) is 13.6 Å². The molecule has 0 aliphatic heterocycles. The number of rotatable bonds is 5. The number of carbonyl (C=O) groups is 1. The summed E-state index contributed by atoms with van der Waals surface area (Å²) in [5, 5.41) is 4.29. The first-order chi connectivity index (χ1) is 13.0. The highest BCUT2D eigenvalue weighted by Gasteiger charge is 2.21. The number of ether oxygens (including phenoxy) is 1. The van der Waals surface area contributed by atoms with Crippen LogP contribution in [-0.4, -0.2) is 34.7 Å². The molecule has 6 heteroatoms. The Morgan fingerprint density at radius 3 is 2.41 bits per heavy atom. The number of benzene rings is 2. The Balaban J connectivity index is 1.98. The SMILES string of the molecule is COc1cc(=O)n(-c2ccc(C)cc2)nc1C(=O)N(C)Cc1ccccc1. The van der Waals surface area contributed by atoms with Crippen LogP contribution in [0.5, 0.6) is 5.75 Å². The third-order valence-corrected chi connectivity index (χ3v) is 4.21. The van der Waals surface area contributed by atoms with Gasteiger partial charge in [0.15, 0.2) is 11.4 Å². The van der Waals surface area contributed by atoms with Crippen LogP contribution in [0.3, 0.4) is 0 Å². The van der Waals surface area contributed by atoms with E-state index >= 15 is 0 Å². The fourth-order valence-electron chi connectivity index (χ4n) is 2.72. The van der Waals surface area contributed by atoms with Crippen LogP contribution in [0.15, 0.2) is 65.5 Å². The third kappa shape index (κ3) is 4.06. The fraction of sp³-hybridized carbons (Fsp3) is 0.190. The summed E-state index contributed by atoms with van der Waals surface area (Å²) in [6.45, 7) is 2.38. The van der Waals surface area contributed by atoms with Gasteiger partial charge in [-0.3, -0.25) is 9.59 Å². The molecule has 1 amide bonds. The number of hydrogen-bond acceptors (Lipinski definition) is 4. The van der Waals surface area contributed by atoms with Gasteiger partial charge in [-0.25, -0.2) is 0 Å². The fourth-order valence-corrected chi connectivity index (χ4v) is 2.72. The van der Waals surface area contributed by atoms with Gasteiger partial charge in [0.25, 0.3) is 11.5 Å². The molecule has 0 aliphatic rings. The highest BCUT2D eigenvalue weighted by Crippen LogP contribution is 2.17. The Bertz CT molecular complexity index is 995. The van der Waals surface area contributed by atoms with E-state index in [1.54, 1.807) is 24.1 Å². The minimum absolute atomic E-state index is 0.0936. The molecular weight excluding hydrogens is 342 g/mol. The molecule has 6 nitrogen and oxygen atoms in total. The lowest BCUT2D eigenvalue weighted by Crippen LogP contribution is -2.31. The quantitative estimate of drug-likeness (QED) is 0.699. The van der Waals surface area contributed by atoms with Gasteiger partial charge in [0.05, 0.1) is 18.9 Å². The largest absolute Gasteiger partial charge is 0.494 e. The second-order valence-corrected chi connectivity index (χ2v) is 6.29. The molecule has 0 bridgehead atoms. The number of carbonyl (C=O) groups excluding carboxylic acids is 1. The van der Waals surface area contributed by atoms with E-state index in [-0.39, 0.29) is 22.9 Å². The lowest BCUT2D eigenvalue weighted by molar-refractivity contribution is 0.0773. The maximum atomic E-state index is 12.9. The van der Waals surface area contributed by atoms with Crippen LogP contribution >= 0.6 is 0 Å². The maximum absolute atomic E-state index is 12.9. The van der Waals surface area contributed by atoms with E-state index in [0.717, 1.165) is 11.1 Å². The van der Waals surface area contributed by atoms with Crippen LogP contribution in [0.1, 0.15) is 21.6 Å². The predicted octanol–water partition coefficient (Wildman–Crippen LogP) is 2.82. The van der Waals surface area contributed by atoms with Crippen LogP contribution in [0.25, 0.3) is 5.69 Å². The summed E-state index contributed by atoms with van der Waals surface area (Å²) in [4.78, 5) is 26.9. The zero-order valence-electron chi connectivity index (χ0n) is 15.5. The number of amides is 1. The number of nitrogens with zero attached hydrogens (tertiary/aromatic N) is 3. The van der Waals surface area contributed by atoms with Crippen molar-refractivity contribution in [1.82, 2.24) is 14.7 Å². The number of aryl methyl sites for hydroxylation is 1. The smallest absolute Gasteiger partial charge is 0.278 e. The Hall–Kier alpha value is -3.41. The molecule has 2 aromatic carbocycles. The van der Waals surface area contributed by atoms with Crippen LogP contribution in [0.4, 0.5) is 0 Å². The highest BCUT2D eigenvalue weighted by atomic mass is 16.5. The molecule has 3 aromatic rings. The van der Waals surface area contributed by atoms with Crippen molar-refractivity contribution in [2.45, 2.75) is 13.5 Å².